The van der Waals surface area contributed by atoms with E-state index in [1.807, 2.05) is 0 Å². The summed E-state index contributed by atoms with van der Waals surface area (Å²) in [5, 5.41) is 0. The molecular formula is C14H20FNO. The first-order valence-corrected chi connectivity index (χ1v) is 6.38. The molecule has 1 aliphatic heterocycles. The SMILES string of the molecule is CC(C)C(c1ncccc1F)C1CCOCC1. The van der Waals surface area contributed by atoms with Crippen LogP contribution in [0.3, 0.4) is 0 Å². The maximum atomic E-state index is 13.9. The Labute approximate surface area is 102 Å². The summed E-state index contributed by atoms with van der Waals surface area (Å²) < 4.78 is 19.2. The third kappa shape index (κ3) is 2.83. The van der Waals surface area contributed by atoms with Crippen molar-refractivity contribution in [2.75, 3.05) is 13.2 Å². The van der Waals surface area contributed by atoms with Gasteiger partial charge in [-0.25, -0.2) is 4.39 Å². The summed E-state index contributed by atoms with van der Waals surface area (Å²) in [6.07, 6.45) is 3.71. The molecule has 94 valence electrons. The van der Waals surface area contributed by atoms with Crippen molar-refractivity contribution in [3.63, 3.8) is 0 Å². The second-order valence-electron chi connectivity index (χ2n) is 5.09. The van der Waals surface area contributed by atoms with Crippen LogP contribution in [0.25, 0.3) is 0 Å². The van der Waals surface area contributed by atoms with E-state index in [4.69, 9.17) is 4.74 Å². The Hall–Kier alpha value is -0.960. The Balaban J connectivity index is 2.25. The van der Waals surface area contributed by atoms with E-state index in [-0.39, 0.29) is 11.7 Å². The first-order valence-electron chi connectivity index (χ1n) is 6.38. The van der Waals surface area contributed by atoms with Crippen LogP contribution in [0.15, 0.2) is 18.3 Å². The molecule has 3 heteroatoms. The average molecular weight is 237 g/mol. The highest BCUT2D eigenvalue weighted by Crippen LogP contribution is 2.37. The molecule has 1 aliphatic rings. The Morgan fingerprint density at radius 2 is 2.06 bits per heavy atom. The second-order valence-corrected chi connectivity index (χ2v) is 5.09. The third-order valence-corrected chi connectivity index (χ3v) is 3.59. The molecule has 2 rings (SSSR count). The van der Waals surface area contributed by atoms with Crippen molar-refractivity contribution >= 4 is 0 Å². The van der Waals surface area contributed by atoms with Gasteiger partial charge in [-0.3, -0.25) is 4.98 Å². The van der Waals surface area contributed by atoms with Crippen LogP contribution in [0.1, 0.15) is 38.3 Å². The lowest BCUT2D eigenvalue weighted by atomic mass is 9.77. The number of rotatable bonds is 3. The number of aromatic nitrogens is 1. The molecule has 0 bridgehead atoms. The van der Waals surface area contributed by atoms with Crippen LogP contribution in [0.4, 0.5) is 4.39 Å². The third-order valence-electron chi connectivity index (χ3n) is 3.59. The average Bonchev–Trinajstić information content (AvgIpc) is 2.33. The molecule has 0 saturated carbocycles. The van der Waals surface area contributed by atoms with Gasteiger partial charge in [-0.15, -0.1) is 0 Å². The van der Waals surface area contributed by atoms with E-state index >= 15 is 0 Å². The van der Waals surface area contributed by atoms with E-state index in [1.165, 1.54) is 6.07 Å². The lowest BCUT2D eigenvalue weighted by Crippen LogP contribution is -2.26. The molecule has 1 fully saturated rings. The van der Waals surface area contributed by atoms with Crippen LogP contribution >= 0.6 is 0 Å². The van der Waals surface area contributed by atoms with Crippen molar-refractivity contribution in [3.8, 4) is 0 Å². The minimum atomic E-state index is -0.169. The largest absolute Gasteiger partial charge is 0.381 e. The van der Waals surface area contributed by atoms with Crippen molar-refractivity contribution in [3.05, 3.63) is 29.8 Å². The predicted molar refractivity (Wildman–Crippen MR) is 65.3 cm³/mol. The Morgan fingerprint density at radius 3 is 2.65 bits per heavy atom. The summed E-state index contributed by atoms with van der Waals surface area (Å²) in [5.41, 5.74) is 0.634. The molecule has 0 amide bonds. The van der Waals surface area contributed by atoms with Crippen molar-refractivity contribution in [2.45, 2.75) is 32.6 Å². The van der Waals surface area contributed by atoms with Gasteiger partial charge in [0.1, 0.15) is 5.82 Å². The molecule has 1 saturated heterocycles. The zero-order valence-corrected chi connectivity index (χ0v) is 10.5. The molecule has 1 aromatic heterocycles. The summed E-state index contributed by atoms with van der Waals surface area (Å²) in [7, 11) is 0. The second kappa shape index (κ2) is 5.58. The number of hydrogen-bond donors (Lipinski definition) is 0. The summed E-state index contributed by atoms with van der Waals surface area (Å²) in [6.45, 7) is 5.88. The predicted octanol–water partition coefficient (Wildman–Crippen LogP) is 3.39. The Kier molecular flexibility index (Phi) is 4.11. The highest BCUT2D eigenvalue weighted by Gasteiger charge is 2.30. The monoisotopic (exact) mass is 237 g/mol. The fraction of sp³-hybridized carbons (Fsp3) is 0.643. The van der Waals surface area contributed by atoms with Gasteiger partial charge < -0.3 is 4.74 Å². The minimum absolute atomic E-state index is 0.169. The molecule has 2 nitrogen and oxygen atoms in total. The van der Waals surface area contributed by atoms with E-state index in [0.717, 1.165) is 26.1 Å². The first-order chi connectivity index (χ1) is 8.20. The highest BCUT2D eigenvalue weighted by atomic mass is 19.1. The van der Waals surface area contributed by atoms with Crippen LogP contribution in [-0.2, 0) is 4.74 Å². The van der Waals surface area contributed by atoms with Gasteiger partial charge >= 0.3 is 0 Å². The molecule has 0 N–H and O–H groups in total. The van der Waals surface area contributed by atoms with Crippen LogP contribution < -0.4 is 0 Å². The fourth-order valence-electron chi connectivity index (χ4n) is 2.80. The normalized spacial score (nSPS) is 19.5. The van der Waals surface area contributed by atoms with E-state index in [1.54, 1.807) is 12.3 Å². The van der Waals surface area contributed by atoms with E-state index in [0.29, 0.717) is 17.5 Å². The maximum absolute atomic E-state index is 13.9. The quantitative estimate of drug-likeness (QED) is 0.804. The standard InChI is InChI=1S/C14H20FNO/c1-10(2)13(11-5-8-17-9-6-11)14-12(15)4-3-7-16-14/h3-4,7,10-11,13H,5-6,8-9H2,1-2H3. The van der Waals surface area contributed by atoms with Crippen LogP contribution in [0.5, 0.6) is 0 Å². The molecule has 0 aromatic carbocycles. The zero-order chi connectivity index (χ0) is 12.3. The molecule has 0 radical (unpaired) electrons. The fourth-order valence-corrected chi connectivity index (χ4v) is 2.80. The van der Waals surface area contributed by atoms with Crippen LogP contribution in [-0.4, -0.2) is 18.2 Å². The van der Waals surface area contributed by atoms with E-state index < -0.39 is 0 Å². The van der Waals surface area contributed by atoms with Crippen molar-refractivity contribution < 1.29 is 9.13 Å². The lowest BCUT2D eigenvalue weighted by molar-refractivity contribution is 0.0510. The number of hydrogen-bond acceptors (Lipinski definition) is 2. The molecule has 1 unspecified atom stereocenters. The van der Waals surface area contributed by atoms with Gasteiger partial charge in [-0.1, -0.05) is 13.8 Å². The van der Waals surface area contributed by atoms with Gasteiger partial charge in [0.05, 0.1) is 5.69 Å². The van der Waals surface area contributed by atoms with Gasteiger partial charge in [-0.05, 0) is 36.8 Å². The molecule has 0 spiro atoms. The number of pyridine rings is 1. The van der Waals surface area contributed by atoms with Crippen LogP contribution in [0, 0.1) is 17.7 Å². The summed E-state index contributed by atoms with van der Waals surface area (Å²) in [5.74, 6) is 0.938. The van der Waals surface area contributed by atoms with Crippen molar-refractivity contribution in [1.29, 1.82) is 0 Å². The van der Waals surface area contributed by atoms with Gasteiger partial charge in [0.15, 0.2) is 0 Å². The summed E-state index contributed by atoms with van der Waals surface area (Å²) in [6, 6.07) is 3.16. The zero-order valence-electron chi connectivity index (χ0n) is 10.5. The Morgan fingerprint density at radius 1 is 1.35 bits per heavy atom. The smallest absolute Gasteiger partial charge is 0.144 e. The topological polar surface area (TPSA) is 22.1 Å². The molecule has 1 atom stereocenters. The molecule has 0 aliphatic carbocycles. The molecular weight excluding hydrogens is 217 g/mol. The number of halogens is 1. The van der Waals surface area contributed by atoms with Gasteiger partial charge in [-0.2, -0.15) is 0 Å². The van der Waals surface area contributed by atoms with Gasteiger partial charge in [0.25, 0.3) is 0 Å². The van der Waals surface area contributed by atoms with Crippen LogP contribution in [0.2, 0.25) is 0 Å². The van der Waals surface area contributed by atoms with Gasteiger partial charge in [0.2, 0.25) is 0 Å². The molecule has 1 aromatic rings. The highest BCUT2D eigenvalue weighted by molar-refractivity contribution is 5.14. The number of ether oxygens (including phenoxy) is 1. The van der Waals surface area contributed by atoms with E-state index in [9.17, 15) is 4.39 Å². The van der Waals surface area contributed by atoms with E-state index in [2.05, 4.69) is 18.8 Å². The van der Waals surface area contributed by atoms with Crippen molar-refractivity contribution in [1.82, 2.24) is 4.98 Å². The minimum Gasteiger partial charge on any atom is -0.381 e. The first kappa shape index (κ1) is 12.5. The summed E-state index contributed by atoms with van der Waals surface area (Å²) in [4.78, 5) is 4.26. The maximum Gasteiger partial charge on any atom is 0.144 e. The van der Waals surface area contributed by atoms with Crippen molar-refractivity contribution in [2.24, 2.45) is 11.8 Å². The molecule has 2 heterocycles. The summed E-state index contributed by atoms with van der Waals surface area (Å²) >= 11 is 0. The number of nitrogens with zero attached hydrogens (tertiary/aromatic N) is 1. The Bertz CT molecular complexity index is 361. The molecule has 17 heavy (non-hydrogen) atoms. The lowest BCUT2D eigenvalue weighted by Gasteiger charge is -2.32. The van der Waals surface area contributed by atoms with Gasteiger partial charge in [0, 0.05) is 25.3 Å².